The summed E-state index contributed by atoms with van der Waals surface area (Å²) in [5, 5.41) is 0. The second kappa shape index (κ2) is 9.69. The van der Waals surface area contributed by atoms with E-state index in [0.717, 1.165) is 0 Å². The van der Waals surface area contributed by atoms with Crippen molar-refractivity contribution in [1.29, 1.82) is 0 Å². The predicted octanol–water partition coefficient (Wildman–Crippen LogP) is 5.10. The molecule has 11 heteroatoms. The van der Waals surface area contributed by atoms with Gasteiger partial charge < -0.3 is 14.7 Å². The highest BCUT2D eigenvalue weighted by molar-refractivity contribution is 6.07. The number of ketones is 2. The number of pyridine rings is 1. The minimum Gasteiger partial charge on any atom is -0.406 e. The van der Waals surface area contributed by atoms with Crippen LogP contribution in [-0.2, 0) is 12.8 Å². The highest BCUT2D eigenvalue weighted by Gasteiger charge is 2.31. The first kappa shape index (κ1) is 23.9. The topological polar surface area (TPSA) is 114 Å². The number of hydrogen-bond acceptors (Lipinski definition) is 6. The molecule has 0 radical (unpaired) electrons. The molecule has 0 atom stereocenters. The van der Waals surface area contributed by atoms with E-state index in [-0.39, 0.29) is 35.7 Å². The molecule has 2 N–H and O–H groups in total. The van der Waals surface area contributed by atoms with Crippen molar-refractivity contribution in [3.8, 4) is 16.9 Å². The minimum absolute atomic E-state index is 0.0842. The quantitative estimate of drug-likeness (QED) is 0.284. The normalized spacial score (nSPS) is 11.5. The zero-order chi connectivity index (χ0) is 26.0. The molecular formula is C26H18F3N5O3. The van der Waals surface area contributed by atoms with Gasteiger partial charge in [-0.25, -0.2) is 9.97 Å². The van der Waals surface area contributed by atoms with Crippen LogP contribution in [-0.4, -0.2) is 42.8 Å². The third-order valence-corrected chi connectivity index (χ3v) is 5.53. The van der Waals surface area contributed by atoms with Crippen LogP contribution in [0.15, 0.2) is 73.3 Å². The van der Waals surface area contributed by atoms with Gasteiger partial charge in [0, 0.05) is 41.5 Å². The Kier molecular flexibility index (Phi) is 6.26. The van der Waals surface area contributed by atoms with E-state index in [2.05, 4.69) is 29.7 Å². The molecule has 0 spiro atoms. The van der Waals surface area contributed by atoms with Gasteiger partial charge in [0.1, 0.15) is 17.4 Å². The van der Waals surface area contributed by atoms with E-state index >= 15 is 0 Å². The highest BCUT2D eigenvalue weighted by Crippen LogP contribution is 2.28. The Morgan fingerprint density at radius 1 is 0.919 bits per heavy atom. The zero-order valence-corrected chi connectivity index (χ0v) is 19.0. The maximum Gasteiger partial charge on any atom is 0.573 e. The second-order valence-electron chi connectivity index (χ2n) is 8.16. The van der Waals surface area contributed by atoms with Crippen LogP contribution < -0.4 is 4.74 Å². The molecule has 5 rings (SSSR count). The Labute approximate surface area is 207 Å². The summed E-state index contributed by atoms with van der Waals surface area (Å²) in [5.74, 6) is 0.0552. The lowest BCUT2D eigenvalue weighted by Crippen LogP contribution is -2.17. The SMILES string of the molecule is O=C(Cc1nc2c(C(=O)Cc3ncc[nH]3)cccc2[nH]1)c1cncc(-c2cccc(OC(F)(F)F)c2)c1. The van der Waals surface area contributed by atoms with Crippen molar-refractivity contribution >= 4 is 22.6 Å². The summed E-state index contributed by atoms with van der Waals surface area (Å²) < 4.78 is 41.7. The Balaban J connectivity index is 1.36. The van der Waals surface area contributed by atoms with E-state index < -0.39 is 6.36 Å². The fourth-order valence-electron chi connectivity index (χ4n) is 3.91. The summed E-state index contributed by atoms with van der Waals surface area (Å²) in [6.45, 7) is 0. The second-order valence-corrected chi connectivity index (χ2v) is 8.16. The standard InChI is InChI=1S/C26H18F3N5O3/c27-26(28,29)37-18-4-1-3-15(10-18)16-9-17(14-30-13-16)21(35)11-24-33-20-6-2-5-19(25(20)34-24)22(36)12-23-31-7-8-32-23/h1-10,13-14H,11-12H2,(H,31,32)(H,33,34). The van der Waals surface area contributed by atoms with Gasteiger partial charge in [0.25, 0.3) is 0 Å². The summed E-state index contributed by atoms with van der Waals surface area (Å²) in [7, 11) is 0. The molecule has 8 nitrogen and oxygen atoms in total. The van der Waals surface area contributed by atoms with Crippen LogP contribution in [0, 0.1) is 0 Å². The molecule has 3 heterocycles. The van der Waals surface area contributed by atoms with E-state index in [9.17, 15) is 22.8 Å². The van der Waals surface area contributed by atoms with E-state index in [0.29, 0.717) is 39.4 Å². The lowest BCUT2D eigenvalue weighted by molar-refractivity contribution is -0.274. The smallest absolute Gasteiger partial charge is 0.406 e. The number of rotatable bonds is 8. The lowest BCUT2D eigenvalue weighted by Gasteiger charge is -2.10. The molecule has 0 fully saturated rings. The number of benzene rings is 2. The summed E-state index contributed by atoms with van der Waals surface area (Å²) in [6, 6.07) is 12.1. The molecule has 0 aliphatic heterocycles. The predicted molar refractivity (Wildman–Crippen MR) is 127 cm³/mol. The average molecular weight is 505 g/mol. The van der Waals surface area contributed by atoms with Gasteiger partial charge in [-0.15, -0.1) is 13.2 Å². The monoisotopic (exact) mass is 505 g/mol. The van der Waals surface area contributed by atoms with Crippen molar-refractivity contribution in [3.05, 3.63) is 96.1 Å². The van der Waals surface area contributed by atoms with Gasteiger partial charge in [0.05, 0.1) is 23.9 Å². The van der Waals surface area contributed by atoms with Crippen LogP contribution >= 0.6 is 0 Å². The third kappa shape index (κ3) is 5.56. The van der Waals surface area contributed by atoms with Gasteiger partial charge in [-0.2, -0.15) is 0 Å². The number of aromatic amines is 2. The van der Waals surface area contributed by atoms with Crippen LogP contribution in [0.4, 0.5) is 13.2 Å². The number of nitrogens with zero attached hydrogens (tertiary/aromatic N) is 3. The summed E-state index contributed by atoms with van der Waals surface area (Å²) in [5.41, 5.74) is 2.60. The van der Waals surface area contributed by atoms with Gasteiger partial charge in [0.2, 0.25) is 0 Å². The number of carbonyl (C=O) groups is 2. The van der Waals surface area contributed by atoms with Crippen LogP contribution in [0.1, 0.15) is 32.4 Å². The largest absolute Gasteiger partial charge is 0.573 e. The van der Waals surface area contributed by atoms with Crippen molar-refractivity contribution < 1.29 is 27.5 Å². The van der Waals surface area contributed by atoms with E-state index in [1.54, 1.807) is 42.7 Å². The van der Waals surface area contributed by atoms with Gasteiger partial charge in [-0.05, 0) is 35.9 Å². The molecule has 0 aliphatic rings. The molecular weight excluding hydrogens is 487 g/mol. The third-order valence-electron chi connectivity index (χ3n) is 5.53. The Morgan fingerprint density at radius 3 is 2.51 bits per heavy atom. The summed E-state index contributed by atoms with van der Waals surface area (Å²) in [6.07, 6.45) is 1.20. The number of H-pyrrole nitrogens is 2. The fourth-order valence-corrected chi connectivity index (χ4v) is 3.91. The first-order valence-electron chi connectivity index (χ1n) is 11.1. The molecule has 0 unspecified atom stereocenters. The van der Waals surface area contributed by atoms with Gasteiger partial charge in [-0.1, -0.05) is 18.2 Å². The van der Waals surface area contributed by atoms with E-state index in [1.165, 1.54) is 30.6 Å². The molecule has 0 saturated heterocycles. The molecule has 37 heavy (non-hydrogen) atoms. The molecule has 3 aromatic heterocycles. The van der Waals surface area contributed by atoms with Crippen molar-refractivity contribution in [3.63, 3.8) is 0 Å². The number of nitrogens with one attached hydrogen (secondary N) is 2. The van der Waals surface area contributed by atoms with Crippen molar-refractivity contribution in [2.75, 3.05) is 0 Å². The van der Waals surface area contributed by atoms with Crippen LogP contribution in [0.5, 0.6) is 5.75 Å². The molecule has 0 aliphatic carbocycles. The Morgan fingerprint density at radius 2 is 1.73 bits per heavy atom. The van der Waals surface area contributed by atoms with Crippen LogP contribution in [0.2, 0.25) is 0 Å². The van der Waals surface area contributed by atoms with Gasteiger partial charge in [-0.3, -0.25) is 14.6 Å². The maximum absolute atomic E-state index is 13.0. The maximum atomic E-state index is 13.0. The number of para-hydroxylation sites is 1. The molecule has 0 bridgehead atoms. The average Bonchev–Trinajstić information content (AvgIpc) is 3.52. The number of alkyl halides is 3. The minimum atomic E-state index is -4.81. The molecule has 0 saturated carbocycles. The Hall–Kier alpha value is -4.80. The molecule has 5 aromatic rings. The van der Waals surface area contributed by atoms with E-state index in [1.807, 2.05) is 0 Å². The summed E-state index contributed by atoms with van der Waals surface area (Å²) >= 11 is 0. The number of Topliss-reactive ketones (excluding diaryl/α,β-unsaturated/α-hetero) is 2. The number of ether oxygens (including phenoxy) is 1. The number of hydrogen-bond donors (Lipinski definition) is 2. The Bertz CT molecular complexity index is 1590. The van der Waals surface area contributed by atoms with Crippen molar-refractivity contribution in [2.24, 2.45) is 0 Å². The number of aromatic nitrogens is 5. The number of fused-ring (bicyclic) bond motifs is 1. The van der Waals surface area contributed by atoms with E-state index in [4.69, 9.17) is 0 Å². The first-order valence-corrected chi connectivity index (χ1v) is 11.1. The summed E-state index contributed by atoms with van der Waals surface area (Å²) in [4.78, 5) is 44.4. The highest BCUT2D eigenvalue weighted by atomic mass is 19.4. The first-order chi connectivity index (χ1) is 17.7. The van der Waals surface area contributed by atoms with Gasteiger partial charge >= 0.3 is 6.36 Å². The number of imidazole rings is 2. The van der Waals surface area contributed by atoms with Crippen LogP contribution in [0.25, 0.3) is 22.2 Å². The zero-order valence-electron chi connectivity index (χ0n) is 19.0. The number of halogens is 3. The molecule has 186 valence electrons. The van der Waals surface area contributed by atoms with Gasteiger partial charge in [0.15, 0.2) is 11.6 Å². The molecule has 2 aromatic carbocycles. The van der Waals surface area contributed by atoms with Crippen molar-refractivity contribution in [2.45, 2.75) is 19.2 Å². The lowest BCUT2D eigenvalue weighted by atomic mass is 10.0. The van der Waals surface area contributed by atoms with Crippen LogP contribution in [0.3, 0.4) is 0 Å². The fraction of sp³-hybridized carbons (Fsp3) is 0.115. The van der Waals surface area contributed by atoms with Crippen molar-refractivity contribution in [1.82, 2.24) is 24.9 Å². The number of carbonyl (C=O) groups excluding carboxylic acids is 2. The molecule has 0 amide bonds.